The lowest BCUT2D eigenvalue weighted by Crippen LogP contribution is -2.43. The highest BCUT2D eigenvalue weighted by Gasteiger charge is 2.33. The first-order valence-electron chi connectivity index (χ1n) is 10.1. The Morgan fingerprint density at radius 1 is 1.21 bits per heavy atom. The van der Waals surface area contributed by atoms with E-state index in [-0.39, 0.29) is 29.9 Å². The van der Waals surface area contributed by atoms with Crippen molar-refractivity contribution in [1.29, 1.82) is 0 Å². The summed E-state index contributed by atoms with van der Waals surface area (Å²) in [6.45, 7) is -0.983. The molecule has 1 unspecified atom stereocenters. The fourth-order valence-corrected chi connectivity index (χ4v) is 4.29. The Labute approximate surface area is 194 Å². The molecule has 2 aromatic rings. The number of halogens is 2. The van der Waals surface area contributed by atoms with Crippen LogP contribution < -0.4 is 19.5 Å². The van der Waals surface area contributed by atoms with Crippen LogP contribution in [0.3, 0.4) is 0 Å². The zero-order chi connectivity index (χ0) is 23.8. The summed E-state index contributed by atoms with van der Waals surface area (Å²) in [4.78, 5) is 27.0. The minimum absolute atomic E-state index is 0.0819. The van der Waals surface area contributed by atoms with Crippen LogP contribution in [0.2, 0.25) is 0 Å². The molecule has 1 aliphatic heterocycles. The van der Waals surface area contributed by atoms with Crippen LogP contribution in [0.15, 0.2) is 48.5 Å². The average molecular weight is 479 g/mol. The van der Waals surface area contributed by atoms with Crippen LogP contribution in [0.4, 0.5) is 14.5 Å². The van der Waals surface area contributed by atoms with Crippen molar-refractivity contribution in [2.45, 2.75) is 19.6 Å². The van der Waals surface area contributed by atoms with Gasteiger partial charge in [0.05, 0.1) is 19.6 Å². The summed E-state index contributed by atoms with van der Waals surface area (Å²) in [5.74, 6) is 1.00. The van der Waals surface area contributed by atoms with Crippen LogP contribution in [-0.4, -0.2) is 54.7 Å². The third kappa shape index (κ3) is 6.61. The van der Waals surface area contributed by atoms with Crippen molar-refractivity contribution in [1.82, 2.24) is 4.90 Å². The SMILES string of the molecule is CCOc1cc(/C=C/C(=O)N2CSCC2C(=O)Nc2ccc(OC)cc2)ccc1OC(F)F. The predicted molar refractivity (Wildman–Crippen MR) is 123 cm³/mol. The number of ether oxygens (including phenoxy) is 3. The summed E-state index contributed by atoms with van der Waals surface area (Å²) >= 11 is 1.48. The number of carbonyl (C=O) groups is 2. The lowest BCUT2D eigenvalue weighted by molar-refractivity contribution is -0.132. The molecule has 176 valence electrons. The van der Waals surface area contributed by atoms with Gasteiger partial charge in [0.25, 0.3) is 0 Å². The molecule has 10 heteroatoms. The van der Waals surface area contributed by atoms with Gasteiger partial charge in [0.15, 0.2) is 11.5 Å². The maximum Gasteiger partial charge on any atom is 0.387 e. The van der Waals surface area contributed by atoms with Crippen molar-refractivity contribution < 1.29 is 32.6 Å². The van der Waals surface area contributed by atoms with E-state index in [1.807, 2.05) is 0 Å². The van der Waals surface area contributed by atoms with Gasteiger partial charge in [0.2, 0.25) is 11.8 Å². The number of methoxy groups -OCH3 is 1. The van der Waals surface area contributed by atoms with Crippen LogP contribution in [0.1, 0.15) is 12.5 Å². The van der Waals surface area contributed by atoms with Gasteiger partial charge in [0, 0.05) is 17.5 Å². The molecule has 0 radical (unpaired) electrons. The molecule has 0 bridgehead atoms. The van der Waals surface area contributed by atoms with E-state index in [0.29, 0.717) is 28.6 Å². The predicted octanol–water partition coefficient (Wildman–Crippen LogP) is 4.25. The van der Waals surface area contributed by atoms with Gasteiger partial charge in [-0.2, -0.15) is 8.78 Å². The van der Waals surface area contributed by atoms with Crippen LogP contribution in [0.25, 0.3) is 6.08 Å². The molecule has 1 saturated heterocycles. The zero-order valence-electron chi connectivity index (χ0n) is 18.1. The van der Waals surface area contributed by atoms with Crippen molar-refractivity contribution in [3.8, 4) is 17.2 Å². The van der Waals surface area contributed by atoms with Crippen molar-refractivity contribution in [3.63, 3.8) is 0 Å². The van der Waals surface area contributed by atoms with Crippen molar-refractivity contribution in [2.24, 2.45) is 0 Å². The number of nitrogens with zero attached hydrogens (tertiary/aromatic N) is 1. The van der Waals surface area contributed by atoms with Gasteiger partial charge >= 0.3 is 6.61 Å². The number of carbonyl (C=O) groups excluding carboxylic acids is 2. The number of hydrogen-bond donors (Lipinski definition) is 1. The number of amides is 2. The van der Waals surface area contributed by atoms with Crippen molar-refractivity contribution in [3.05, 3.63) is 54.1 Å². The molecule has 1 heterocycles. The maximum absolute atomic E-state index is 12.8. The number of anilines is 1. The van der Waals surface area contributed by atoms with Gasteiger partial charge in [-0.1, -0.05) is 6.07 Å². The molecule has 1 N–H and O–H groups in total. The Hall–Kier alpha value is -3.27. The summed E-state index contributed by atoms with van der Waals surface area (Å²) in [5, 5.41) is 2.82. The second-order valence-corrected chi connectivity index (χ2v) is 7.89. The molecule has 7 nitrogen and oxygen atoms in total. The first-order chi connectivity index (χ1) is 15.9. The lowest BCUT2D eigenvalue weighted by atomic mass is 10.1. The summed E-state index contributed by atoms with van der Waals surface area (Å²) in [5.41, 5.74) is 1.18. The Morgan fingerprint density at radius 2 is 1.97 bits per heavy atom. The summed E-state index contributed by atoms with van der Waals surface area (Å²) in [7, 11) is 1.56. The van der Waals surface area contributed by atoms with Gasteiger partial charge < -0.3 is 24.4 Å². The molecule has 0 aliphatic carbocycles. The molecule has 3 rings (SSSR count). The van der Waals surface area contributed by atoms with Crippen LogP contribution in [-0.2, 0) is 9.59 Å². The van der Waals surface area contributed by atoms with E-state index in [1.165, 1.54) is 40.9 Å². The van der Waals surface area contributed by atoms with Crippen LogP contribution in [0.5, 0.6) is 17.2 Å². The number of thioether (sulfide) groups is 1. The molecular weight excluding hydrogens is 454 g/mol. The highest BCUT2D eigenvalue weighted by molar-refractivity contribution is 7.99. The summed E-state index contributed by atoms with van der Waals surface area (Å²) < 4.78 is 40.0. The standard InChI is InChI=1S/C23H24F2N2O5S/c1-3-31-20-12-15(4-10-19(20)32-23(24)25)5-11-21(28)27-14-33-13-18(27)22(29)26-16-6-8-17(30-2)9-7-16/h4-12,18,23H,3,13-14H2,1-2H3,(H,26,29)/b11-5+. The number of rotatable bonds is 9. The van der Waals surface area contributed by atoms with Crippen LogP contribution in [0, 0.1) is 0 Å². The van der Waals surface area contributed by atoms with Crippen molar-refractivity contribution >= 4 is 35.3 Å². The highest BCUT2D eigenvalue weighted by atomic mass is 32.2. The topological polar surface area (TPSA) is 77.1 Å². The Bertz CT molecular complexity index is 1000. The van der Waals surface area contributed by atoms with Gasteiger partial charge in [-0.05, 0) is 55.0 Å². The van der Waals surface area contributed by atoms with E-state index >= 15 is 0 Å². The Morgan fingerprint density at radius 3 is 2.64 bits per heavy atom. The molecule has 1 aliphatic rings. The molecular formula is C23H24F2N2O5S. The zero-order valence-corrected chi connectivity index (χ0v) is 18.9. The first kappa shape index (κ1) is 24.4. The number of hydrogen-bond acceptors (Lipinski definition) is 6. The second-order valence-electron chi connectivity index (χ2n) is 6.89. The Balaban J connectivity index is 1.66. The monoisotopic (exact) mass is 478 g/mol. The first-order valence-corrected chi connectivity index (χ1v) is 11.3. The quantitative estimate of drug-likeness (QED) is 0.543. The third-order valence-corrected chi connectivity index (χ3v) is 5.74. The average Bonchev–Trinajstić information content (AvgIpc) is 3.30. The number of benzene rings is 2. The van der Waals surface area contributed by atoms with E-state index in [9.17, 15) is 18.4 Å². The fourth-order valence-electron chi connectivity index (χ4n) is 3.13. The largest absolute Gasteiger partial charge is 0.497 e. The van der Waals surface area contributed by atoms with E-state index in [1.54, 1.807) is 44.4 Å². The van der Waals surface area contributed by atoms with Crippen LogP contribution >= 0.6 is 11.8 Å². The molecule has 2 aromatic carbocycles. The second kappa shape index (κ2) is 11.6. The molecule has 0 aromatic heterocycles. The van der Waals surface area contributed by atoms with Gasteiger partial charge in [-0.15, -0.1) is 11.8 Å². The molecule has 2 amide bonds. The van der Waals surface area contributed by atoms with Gasteiger partial charge in [-0.25, -0.2) is 0 Å². The minimum Gasteiger partial charge on any atom is -0.497 e. The molecule has 1 atom stereocenters. The van der Waals surface area contributed by atoms with Crippen molar-refractivity contribution in [2.75, 3.05) is 30.7 Å². The van der Waals surface area contributed by atoms with Gasteiger partial charge in [0.1, 0.15) is 11.8 Å². The normalized spacial score (nSPS) is 15.7. The van der Waals surface area contributed by atoms with E-state index < -0.39 is 12.7 Å². The Kier molecular flexibility index (Phi) is 8.53. The third-order valence-electron chi connectivity index (χ3n) is 4.73. The van der Waals surface area contributed by atoms with Gasteiger partial charge in [-0.3, -0.25) is 9.59 Å². The highest BCUT2D eigenvalue weighted by Crippen LogP contribution is 2.30. The number of nitrogens with one attached hydrogen (secondary N) is 1. The molecule has 33 heavy (non-hydrogen) atoms. The van der Waals surface area contributed by atoms with E-state index in [2.05, 4.69) is 10.1 Å². The lowest BCUT2D eigenvalue weighted by Gasteiger charge is -2.21. The smallest absolute Gasteiger partial charge is 0.387 e. The molecule has 1 fully saturated rings. The van der Waals surface area contributed by atoms with E-state index in [4.69, 9.17) is 9.47 Å². The maximum atomic E-state index is 12.8. The summed E-state index contributed by atoms with van der Waals surface area (Å²) in [6, 6.07) is 10.7. The molecule has 0 saturated carbocycles. The minimum atomic E-state index is -2.97. The number of alkyl halides is 2. The fraction of sp³-hybridized carbons (Fsp3) is 0.304. The summed E-state index contributed by atoms with van der Waals surface area (Å²) in [6.07, 6.45) is 2.89. The molecule has 0 spiro atoms. The van der Waals surface area contributed by atoms with E-state index in [0.717, 1.165) is 0 Å².